The Labute approximate surface area is 147 Å². The maximum absolute atomic E-state index is 12.1. The molecule has 3 aliphatic heterocycles. The van der Waals surface area contributed by atoms with Gasteiger partial charge in [-0.1, -0.05) is 6.42 Å². The predicted molar refractivity (Wildman–Crippen MR) is 92.2 cm³/mol. The van der Waals surface area contributed by atoms with Gasteiger partial charge in [0, 0.05) is 24.7 Å². The molecule has 25 heavy (non-hydrogen) atoms. The number of hydrogen-bond acceptors (Lipinski definition) is 5. The van der Waals surface area contributed by atoms with E-state index in [9.17, 15) is 4.79 Å². The number of carbonyl (C=O) groups is 1. The van der Waals surface area contributed by atoms with Gasteiger partial charge in [-0.25, -0.2) is 4.79 Å². The van der Waals surface area contributed by atoms with E-state index in [4.69, 9.17) is 14.2 Å². The zero-order chi connectivity index (χ0) is 17.1. The van der Waals surface area contributed by atoms with Gasteiger partial charge in [0.2, 0.25) is 6.79 Å². The number of carbonyl (C=O) groups excluding carboxylic acids is 1. The molecule has 7 heteroatoms. The SMILES string of the molecule is O=C(NCCOc1ccc2c(c1)OCO2)N[C@@H]1CCN2CCCC[C@@H]12. The molecule has 2 amide bonds. The van der Waals surface area contributed by atoms with Crippen molar-refractivity contribution >= 4 is 6.03 Å². The van der Waals surface area contributed by atoms with Gasteiger partial charge in [0.05, 0.1) is 6.54 Å². The molecule has 2 atom stereocenters. The van der Waals surface area contributed by atoms with Gasteiger partial charge in [-0.3, -0.25) is 4.90 Å². The van der Waals surface area contributed by atoms with Gasteiger partial charge >= 0.3 is 6.03 Å². The molecular weight excluding hydrogens is 322 g/mol. The first kappa shape index (κ1) is 16.3. The fourth-order valence-corrected chi connectivity index (χ4v) is 3.94. The van der Waals surface area contributed by atoms with E-state index in [-0.39, 0.29) is 18.9 Å². The molecule has 0 aliphatic carbocycles. The van der Waals surface area contributed by atoms with E-state index in [1.807, 2.05) is 12.1 Å². The third kappa shape index (κ3) is 3.76. The lowest BCUT2D eigenvalue weighted by atomic mass is 9.99. The van der Waals surface area contributed by atoms with Crippen LogP contribution in [0.15, 0.2) is 18.2 Å². The van der Waals surface area contributed by atoms with Crippen molar-refractivity contribution in [1.82, 2.24) is 15.5 Å². The highest BCUT2D eigenvalue weighted by Crippen LogP contribution is 2.35. The van der Waals surface area contributed by atoms with Crippen LogP contribution in [0.5, 0.6) is 17.2 Å². The standard InChI is InChI=1S/C18H25N3O4/c22-18(20-14-6-9-21-8-2-1-3-15(14)21)19-7-10-23-13-4-5-16-17(11-13)25-12-24-16/h4-5,11,14-15H,1-3,6-10,12H2,(H2,19,20,22)/t14-,15+/m1/s1. The third-order valence-corrected chi connectivity index (χ3v) is 5.17. The highest BCUT2D eigenvalue weighted by molar-refractivity contribution is 5.74. The summed E-state index contributed by atoms with van der Waals surface area (Å²) >= 11 is 0. The zero-order valence-corrected chi connectivity index (χ0v) is 14.3. The molecule has 2 fully saturated rings. The van der Waals surface area contributed by atoms with Crippen molar-refractivity contribution in [2.75, 3.05) is 33.0 Å². The fraction of sp³-hybridized carbons (Fsp3) is 0.611. The molecule has 136 valence electrons. The van der Waals surface area contributed by atoms with E-state index >= 15 is 0 Å². The molecule has 0 aromatic heterocycles. The van der Waals surface area contributed by atoms with Crippen molar-refractivity contribution in [3.63, 3.8) is 0 Å². The van der Waals surface area contributed by atoms with Crippen molar-refractivity contribution in [2.24, 2.45) is 0 Å². The van der Waals surface area contributed by atoms with Crippen LogP contribution in [0.3, 0.4) is 0 Å². The first-order valence-corrected chi connectivity index (χ1v) is 9.10. The highest BCUT2D eigenvalue weighted by atomic mass is 16.7. The van der Waals surface area contributed by atoms with E-state index in [2.05, 4.69) is 15.5 Å². The van der Waals surface area contributed by atoms with Crippen LogP contribution in [0.25, 0.3) is 0 Å². The number of benzene rings is 1. The van der Waals surface area contributed by atoms with Gasteiger partial charge < -0.3 is 24.8 Å². The van der Waals surface area contributed by atoms with Crippen LogP contribution in [0.4, 0.5) is 4.79 Å². The Morgan fingerprint density at radius 3 is 3.08 bits per heavy atom. The number of ether oxygens (including phenoxy) is 3. The molecule has 0 spiro atoms. The summed E-state index contributed by atoms with van der Waals surface area (Å²) in [6, 6.07) is 6.15. The molecule has 2 saturated heterocycles. The average Bonchev–Trinajstić information content (AvgIpc) is 3.25. The van der Waals surface area contributed by atoms with E-state index in [1.165, 1.54) is 25.8 Å². The van der Waals surface area contributed by atoms with E-state index < -0.39 is 0 Å². The first-order valence-electron chi connectivity index (χ1n) is 9.10. The Morgan fingerprint density at radius 2 is 2.12 bits per heavy atom. The molecular formula is C18H25N3O4. The number of urea groups is 1. The molecule has 1 aromatic carbocycles. The quantitative estimate of drug-likeness (QED) is 0.794. The summed E-state index contributed by atoms with van der Waals surface area (Å²) in [7, 11) is 0. The normalized spacial score (nSPS) is 24.6. The first-order chi connectivity index (χ1) is 12.3. The summed E-state index contributed by atoms with van der Waals surface area (Å²) in [6.45, 7) is 3.39. The Balaban J connectivity index is 1.17. The van der Waals surface area contributed by atoms with Crippen molar-refractivity contribution in [2.45, 2.75) is 37.8 Å². The van der Waals surface area contributed by atoms with E-state index in [1.54, 1.807) is 6.07 Å². The maximum atomic E-state index is 12.1. The minimum Gasteiger partial charge on any atom is -0.492 e. The van der Waals surface area contributed by atoms with E-state index in [0.29, 0.717) is 30.7 Å². The predicted octanol–water partition coefficient (Wildman–Crippen LogP) is 1.72. The van der Waals surface area contributed by atoms with Crippen LogP contribution in [-0.4, -0.2) is 56.0 Å². The van der Waals surface area contributed by atoms with Crippen LogP contribution in [0, 0.1) is 0 Å². The molecule has 4 rings (SSSR count). The lowest BCUT2D eigenvalue weighted by Crippen LogP contribution is -2.50. The molecule has 0 saturated carbocycles. The smallest absolute Gasteiger partial charge is 0.315 e. The lowest BCUT2D eigenvalue weighted by molar-refractivity contribution is 0.173. The van der Waals surface area contributed by atoms with E-state index in [0.717, 1.165) is 18.7 Å². The molecule has 0 unspecified atom stereocenters. The molecule has 7 nitrogen and oxygen atoms in total. The molecule has 1 aromatic rings. The summed E-state index contributed by atoms with van der Waals surface area (Å²) in [5, 5.41) is 6.01. The summed E-state index contributed by atoms with van der Waals surface area (Å²) in [4.78, 5) is 14.6. The van der Waals surface area contributed by atoms with Gasteiger partial charge in [0.1, 0.15) is 12.4 Å². The van der Waals surface area contributed by atoms with Gasteiger partial charge in [0.25, 0.3) is 0 Å². The van der Waals surface area contributed by atoms with Gasteiger partial charge in [-0.2, -0.15) is 0 Å². The fourth-order valence-electron chi connectivity index (χ4n) is 3.94. The Kier molecular flexibility index (Phi) is 4.83. The van der Waals surface area contributed by atoms with Crippen LogP contribution >= 0.6 is 0 Å². The summed E-state index contributed by atoms with van der Waals surface area (Å²) in [5.74, 6) is 2.14. The van der Waals surface area contributed by atoms with Gasteiger partial charge in [-0.05, 0) is 37.9 Å². The number of hydrogen-bond donors (Lipinski definition) is 2. The minimum atomic E-state index is -0.105. The second-order valence-electron chi connectivity index (χ2n) is 6.76. The topological polar surface area (TPSA) is 72.1 Å². The van der Waals surface area contributed by atoms with Crippen LogP contribution < -0.4 is 24.8 Å². The molecule has 0 radical (unpaired) electrons. The van der Waals surface area contributed by atoms with Crippen molar-refractivity contribution < 1.29 is 19.0 Å². The number of amides is 2. The zero-order valence-electron chi connectivity index (χ0n) is 14.3. The molecule has 3 aliphatic rings. The second-order valence-corrected chi connectivity index (χ2v) is 6.76. The Morgan fingerprint density at radius 1 is 1.20 bits per heavy atom. The molecule has 3 heterocycles. The summed E-state index contributed by atoms with van der Waals surface area (Å²) in [5.41, 5.74) is 0. The largest absolute Gasteiger partial charge is 0.492 e. The maximum Gasteiger partial charge on any atom is 0.315 e. The van der Waals surface area contributed by atoms with Crippen LogP contribution in [0.1, 0.15) is 25.7 Å². The summed E-state index contributed by atoms with van der Waals surface area (Å²) < 4.78 is 16.2. The van der Waals surface area contributed by atoms with Gasteiger partial charge in [-0.15, -0.1) is 0 Å². The average molecular weight is 347 g/mol. The molecule has 2 N–H and O–H groups in total. The minimum absolute atomic E-state index is 0.105. The van der Waals surface area contributed by atoms with Gasteiger partial charge in [0.15, 0.2) is 11.5 Å². The lowest BCUT2D eigenvalue weighted by Gasteiger charge is -2.32. The number of fused-ring (bicyclic) bond motifs is 2. The monoisotopic (exact) mass is 347 g/mol. The van der Waals surface area contributed by atoms with Crippen LogP contribution in [0.2, 0.25) is 0 Å². The highest BCUT2D eigenvalue weighted by Gasteiger charge is 2.36. The Hall–Kier alpha value is -2.15. The second kappa shape index (κ2) is 7.39. The third-order valence-electron chi connectivity index (χ3n) is 5.17. The van der Waals surface area contributed by atoms with Crippen molar-refractivity contribution in [3.05, 3.63) is 18.2 Å². The molecule has 0 bridgehead atoms. The Bertz CT molecular complexity index is 624. The van der Waals surface area contributed by atoms with Crippen LogP contribution in [-0.2, 0) is 0 Å². The van der Waals surface area contributed by atoms with Crippen molar-refractivity contribution in [3.8, 4) is 17.2 Å². The number of nitrogens with one attached hydrogen (secondary N) is 2. The van der Waals surface area contributed by atoms with Crippen molar-refractivity contribution in [1.29, 1.82) is 0 Å². The number of rotatable bonds is 5. The summed E-state index contributed by atoms with van der Waals surface area (Å²) in [6.07, 6.45) is 4.79. The number of nitrogens with zero attached hydrogens (tertiary/aromatic N) is 1. The number of piperidine rings is 1.